The van der Waals surface area contributed by atoms with E-state index in [2.05, 4.69) is 20.6 Å². The van der Waals surface area contributed by atoms with Crippen LogP contribution in [0.5, 0.6) is 0 Å². The van der Waals surface area contributed by atoms with Crippen molar-refractivity contribution in [3.05, 3.63) is 23.9 Å². The molecule has 0 aliphatic heterocycles. The van der Waals surface area contributed by atoms with Crippen molar-refractivity contribution >= 4 is 11.8 Å². The van der Waals surface area contributed by atoms with Crippen molar-refractivity contribution in [3.63, 3.8) is 0 Å². The lowest BCUT2D eigenvalue weighted by molar-refractivity contribution is -0.137. The Labute approximate surface area is 121 Å². The smallest absolute Gasteiger partial charge is 0.370 e. The number of pyridine rings is 1. The van der Waals surface area contributed by atoms with E-state index < -0.39 is 11.7 Å². The number of rotatable bonds is 6. The number of aliphatic imine (C=N–C) groups is 1. The molecule has 0 atom stereocenters. The molecule has 0 unspecified atom stereocenters. The van der Waals surface area contributed by atoms with Crippen molar-refractivity contribution in [2.45, 2.75) is 32.5 Å². The van der Waals surface area contributed by atoms with Gasteiger partial charge in [-0.15, -0.1) is 0 Å². The van der Waals surface area contributed by atoms with Crippen LogP contribution < -0.4 is 16.4 Å². The van der Waals surface area contributed by atoms with Gasteiger partial charge in [-0.1, -0.05) is 0 Å². The average Bonchev–Trinajstić information content (AvgIpc) is 2.37. The summed E-state index contributed by atoms with van der Waals surface area (Å²) in [7, 11) is 0. The fourth-order valence-corrected chi connectivity index (χ4v) is 1.50. The molecule has 118 valence electrons. The maximum atomic E-state index is 12.3. The van der Waals surface area contributed by atoms with Crippen molar-refractivity contribution in [2.75, 3.05) is 18.4 Å². The summed E-state index contributed by atoms with van der Waals surface area (Å²) in [5.41, 5.74) is 4.87. The molecule has 4 N–H and O–H groups in total. The Bertz CT molecular complexity index is 454. The van der Waals surface area contributed by atoms with Gasteiger partial charge in [0.05, 0.1) is 5.56 Å². The van der Waals surface area contributed by atoms with E-state index in [1.807, 2.05) is 13.8 Å². The largest absolute Gasteiger partial charge is 0.417 e. The van der Waals surface area contributed by atoms with Crippen LogP contribution in [0.1, 0.15) is 25.8 Å². The van der Waals surface area contributed by atoms with E-state index in [1.54, 1.807) is 0 Å². The van der Waals surface area contributed by atoms with Gasteiger partial charge in [0.25, 0.3) is 0 Å². The van der Waals surface area contributed by atoms with Crippen LogP contribution in [-0.4, -0.2) is 30.1 Å². The lowest BCUT2D eigenvalue weighted by Crippen LogP contribution is -2.36. The maximum Gasteiger partial charge on any atom is 0.417 e. The lowest BCUT2D eigenvalue weighted by Gasteiger charge is -2.09. The molecule has 0 aliphatic carbocycles. The first-order valence-corrected chi connectivity index (χ1v) is 6.62. The number of hydrogen-bond acceptors (Lipinski definition) is 3. The molecule has 1 heterocycles. The van der Waals surface area contributed by atoms with Crippen LogP contribution in [0.2, 0.25) is 0 Å². The van der Waals surface area contributed by atoms with Gasteiger partial charge in [-0.2, -0.15) is 13.2 Å². The third-order valence-corrected chi connectivity index (χ3v) is 2.45. The van der Waals surface area contributed by atoms with Crippen molar-refractivity contribution in [1.29, 1.82) is 0 Å². The first-order valence-electron chi connectivity index (χ1n) is 6.62. The Morgan fingerprint density at radius 3 is 2.62 bits per heavy atom. The number of anilines is 1. The summed E-state index contributed by atoms with van der Waals surface area (Å²) >= 11 is 0. The number of hydrogen-bond donors (Lipinski definition) is 3. The zero-order chi connectivity index (χ0) is 15.9. The molecule has 8 heteroatoms. The summed E-state index contributed by atoms with van der Waals surface area (Å²) in [4.78, 5) is 7.83. The molecular weight excluding hydrogens is 283 g/mol. The molecule has 5 nitrogen and oxygen atoms in total. The number of nitrogens with one attached hydrogen (secondary N) is 2. The number of nitrogens with zero attached hydrogens (tertiary/aromatic N) is 2. The zero-order valence-electron chi connectivity index (χ0n) is 12.0. The Morgan fingerprint density at radius 1 is 1.38 bits per heavy atom. The first kappa shape index (κ1) is 17.1. The van der Waals surface area contributed by atoms with Gasteiger partial charge in [0.2, 0.25) is 0 Å². The minimum absolute atomic E-state index is 0.225. The summed E-state index contributed by atoms with van der Waals surface area (Å²) in [5, 5.41) is 5.89. The minimum Gasteiger partial charge on any atom is -0.370 e. The monoisotopic (exact) mass is 303 g/mol. The van der Waals surface area contributed by atoms with E-state index in [1.165, 1.54) is 6.07 Å². The minimum atomic E-state index is -4.36. The highest BCUT2D eigenvalue weighted by molar-refractivity contribution is 5.78. The molecule has 0 saturated heterocycles. The van der Waals surface area contributed by atoms with Gasteiger partial charge in [-0.05, 0) is 32.4 Å². The lowest BCUT2D eigenvalue weighted by atomic mass is 10.3. The Kier molecular flexibility index (Phi) is 6.26. The number of guanidine groups is 1. The van der Waals surface area contributed by atoms with Crippen LogP contribution in [0, 0.1) is 0 Å². The zero-order valence-corrected chi connectivity index (χ0v) is 12.0. The third-order valence-electron chi connectivity index (χ3n) is 2.45. The van der Waals surface area contributed by atoms with E-state index in [0.717, 1.165) is 12.3 Å². The van der Waals surface area contributed by atoms with Gasteiger partial charge < -0.3 is 16.4 Å². The molecule has 0 aliphatic rings. The second-order valence-electron chi connectivity index (χ2n) is 4.78. The number of alkyl halides is 3. The number of nitrogens with two attached hydrogens (primary N) is 1. The van der Waals surface area contributed by atoms with E-state index in [0.29, 0.717) is 31.3 Å². The molecule has 0 aromatic carbocycles. The highest BCUT2D eigenvalue weighted by Crippen LogP contribution is 2.28. The molecule has 1 aromatic rings. The highest BCUT2D eigenvalue weighted by Gasteiger charge is 2.30. The van der Waals surface area contributed by atoms with Crippen molar-refractivity contribution in [2.24, 2.45) is 10.7 Å². The van der Waals surface area contributed by atoms with Gasteiger partial charge in [0.1, 0.15) is 5.82 Å². The van der Waals surface area contributed by atoms with Gasteiger partial charge in [-0.25, -0.2) is 4.98 Å². The van der Waals surface area contributed by atoms with Crippen LogP contribution in [0.25, 0.3) is 0 Å². The number of aromatic nitrogens is 1. The van der Waals surface area contributed by atoms with Crippen LogP contribution in [-0.2, 0) is 6.18 Å². The molecule has 0 spiro atoms. The molecule has 0 fully saturated rings. The van der Waals surface area contributed by atoms with Crippen LogP contribution >= 0.6 is 0 Å². The van der Waals surface area contributed by atoms with Crippen LogP contribution in [0.4, 0.5) is 19.0 Å². The first-order chi connectivity index (χ1) is 9.79. The van der Waals surface area contributed by atoms with Gasteiger partial charge in [-0.3, -0.25) is 4.99 Å². The fourth-order valence-electron chi connectivity index (χ4n) is 1.50. The van der Waals surface area contributed by atoms with E-state index >= 15 is 0 Å². The van der Waals surface area contributed by atoms with Crippen molar-refractivity contribution in [3.8, 4) is 0 Å². The highest BCUT2D eigenvalue weighted by atomic mass is 19.4. The second kappa shape index (κ2) is 7.70. The summed E-state index contributed by atoms with van der Waals surface area (Å²) < 4.78 is 37.0. The predicted octanol–water partition coefficient (Wildman–Crippen LogP) is 2.22. The second-order valence-corrected chi connectivity index (χ2v) is 4.78. The van der Waals surface area contributed by atoms with Gasteiger partial charge in [0.15, 0.2) is 5.96 Å². The summed E-state index contributed by atoms with van der Waals surface area (Å²) in [6.45, 7) is 5.00. The summed E-state index contributed by atoms with van der Waals surface area (Å²) in [6, 6.07) is 2.53. The van der Waals surface area contributed by atoms with Crippen molar-refractivity contribution in [1.82, 2.24) is 10.3 Å². The summed E-state index contributed by atoms with van der Waals surface area (Å²) in [6.07, 6.45) is -2.85. The van der Waals surface area contributed by atoms with Crippen LogP contribution in [0.3, 0.4) is 0 Å². The molecular formula is C13H20F3N5. The Hall–Kier alpha value is -1.99. The molecule has 1 aromatic heterocycles. The molecule has 1 rings (SSSR count). The Morgan fingerprint density at radius 2 is 2.10 bits per heavy atom. The van der Waals surface area contributed by atoms with E-state index in [4.69, 9.17) is 5.73 Å². The molecule has 0 bridgehead atoms. The molecule has 0 radical (unpaired) electrons. The van der Waals surface area contributed by atoms with Crippen molar-refractivity contribution < 1.29 is 13.2 Å². The topological polar surface area (TPSA) is 75.3 Å². The maximum absolute atomic E-state index is 12.3. The summed E-state index contributed by atoms with van der Waals surface area (Å²) in [5.74, 6) is 0.790. The molecule has 0 amide bonds. The van der Waals surface area contributed by atoms with Gasteiger partial charge >= 0.3 is 6.18 Å². The van der Waals surface area contributed by atoms with Gasteiger partial charge in [0, 0.05) is 25.3 Å². The third kappa shape index (κ3) is 6.82. The fraction of sp³-hybridized carbons (Fsp3) is 0.538. The van der Waals surface area contributed by atoms with Crippen LogP contribution in [0.15, 0.2) is 23.3 Å². The standard InChI is InChI=1S/C13H20F3N5/c1-9(2)21-12(17)19-7-3-6-18-11-5-4-10(8-20-11)13(14,15)16/h4-5,8-9H,3,6-7H2,1-2H3,(H,18,20)(H3,17,19,21). The average molecular weight is 303 g/mol. The van der Waals surface area contributed by atoms with E-state index in [9.17, 15) is 13.2 Å². The quantitative estimate of drug-likeness (QED) is 0.428. The predicted molar refractivity (Wildman–Crippen MR) is 77.1 cm³/mol. The van der Waals surface area contributed by atoms with E-state index in [-0.39, 0.29) is 6.04 Å². The SMILES string of the molecule is CC(C)NC(N)=NCCCNc1ccc(C(F)(F)F)cn1. The molecule has 0 saturated carbocycles. The molecule has 21 heavy (non-hydrogen) atoms. The number of halogens is 3. The Balaban J connectivity index is 2.30. The normalized spacial score (nSPS) is 12.6.